The molecule has 0 radical (unpaired) electrons. The van der Waals surface area contributed by atoms with Crippen molar-refractivity contribution in [2.75, 3.05) is 13.2 Å². The highest BCUT2D eigenvalue weighted by molar-refractivity contribution is 7.15. The molecule has 0 saturated carbocycles. The largest absolute Gasteiger partial charge is 0.481 e. The fourth-order valence-electron chi connectivity index (χ4n) is 2.82. The Morgan fingerprint density at radius 2 is 1.96 bits per heavy atom. The number of rotatable bonds is 5. The lowest BCUT2D eigenvalue weighted by Crippen LogP contribution is -2.22. The van der Waals surface area contributed by atoms with E-state index in [2.05, 4.69) is 4.98 Å². The molecule has 0 bridgehead atoms. The summed E-state index contributed by atoms with van der Waals surface area (Å²) in [5.74, 6) is 0.0822. The van der Waals surface area contributed by atoms with E-state index in [0.717, 1.165) is 11.0 Å². The van der Waals surface area contributed by atoms with Crippen molar-refractivity contribution in [1.82, 2.24) is 9.38 Å². The topological polar surface area (TPSA) is 69.9 Å². The summed E-state index contributed by atoms with van der Waals surface area (Å²) in [5.41, 5.74) is 2.18. The Morgan fingerprint density at radius 1 is 1.19 bits per heavy atom. The molecule has 136 valence electrons. The van der Waals surface area contributed by atoms with Gasteiger partial charge >= 0.3 is 5.97 Å². The Labute approximate surface area is 158 Å². The van der Waals surface area contributed by atoms with Gasteiger partial charge in [0.2, 0.25) is 0 Å². The third-order valence-electron chi connectivity index (χ3n) is 4.00. The Hall–Kier alpha value is -3.19. The van der Waals surface area contributed by atoms with Gasteiger partial charge < -0.3 is 9.47 Å². The van der Waals surface area contributed by atoms with Gasteiger partial charge in [0.15, 0.2) is 11.6 Å². The second kappa shape index (κ2) is 7.20. The molecule has 2 aromatic carbocycles. The van der Waals surface area contributed by atoms with Crippen LogP contribution in [0.5, 0.6) is 5.75 Å². The van der Waals surface area contributed by atoms with Gasteiger partial charge in [-0.25, -0.2) is 14.2 Å². The summed E-state index contributed by atoms with van der Waals surface area (Å²) in [7, 11) is 0. The quantitative estimate of drug-likeness (QED) is 0.497. The molecule has 4 aromatic rings. The first-order valence-electron chi connectivity index (χ1n) is 8.46. The molecule has 4 rings (SSSR count). The van der Waals surface area contributed by atoms with Gasteiger partial charge in [-0.2, -0.15) is 0 Å². The lowest BCUT2D eigenvalue weighted by molar-refractivity contribution is -0.145. The predicted octanol–water partition coefficient (Wildman–Crippen LogP) is 2.40. The Bertz CT molecular complexity index is 1240. The number of fused-ring (bicyclic) bond motifs is 3. The van der Waals surface area contributed by atoms with E-state index in [1.807, 2.05) is 42.5 Å². The van der Waals surface area contributed by atoms with Gasteiger partial charge in [-0.05, 0) is 31.2 Å². The van der Waals surface area contributed by atoms with Crippen molar-refractivity contribution in [3.05, 3.63) is 69.0 Å². The first kappa shape index (κ1) is 17.2. The fourth-order valence-corrected chi connectivity index (χ4v) is 3.80. The van der Waals surface area contributed by atoms with Crippen LogP contribution in [0.1, 0.15) is 12.5 Å². The van der Waals surface area contributed by atoms with Gasteiger partial charge in [-0.3, -0.25) is 4.79 Å². The van der Waals surface area contributed by atoms with Crippen LogP contribution in [0.4, 0.5) is 0 Å². The average molecular weight is 380 g/mol. The van der Waals surface area contributed by atoms with Crippen LogP contribution in [0, 0.1) is 0 Å². The van der Waals surface area contributed by atoms with Crippen LogP contribution < -0.4 is 14.8 Å². The third-order valence-corrected chi connectivity index (χ3v) is 4.97. The van der Waals surface area contributed by atoms with Crippen LogP contribution in [0.2, 0.25) is 0 Å². The molecule has 2 heterocycles. The molecule has 0 spiro atoms. The first-order valence-corrected chi connectivity index (χ1v) is 9.28. The van der Waals surface area contributed by atoms with Gasteiger partial charge in [0.25, 0.3) is 5.56 Å². The molecule has 27 heavy (non-hydrogen) atoms. The summed E-state index contributed by atoms with van der Waals surface area (Å²) in [6, 6.07) is 14.8. The van der Waals surface area contributed by atoms with Crippen molar-refractivity contribution in [1.29, 1.82) is 0 Å². The number of benzene rings is 2. The van der Waals surface area contributed by atoms with E-state index < -0.39 is 5.97 Å². The maximum Gasteiger partial charge on any atom is 0.344 e. The minimum Gasteiger partial charge on any atom is -0.481 e. The van der Waals surface area contributed by atoms with Gasteiger partial charge in [-0.15, -0.1) is 0 Å². The average Bonchev–Trinajstić information content (AvgIpc) is 3.18. The zero-order valence-corrected chi connectivity index (χ0v) is 15.4. The van der Waals surface area contributed by atoms with Crippen LogP contribution >= 0.6 is 11.3 Å². The second-order valence-electron chi connectivity index (χ2n) is 5.77. The van der Waals surface area contributed by atoms with E-state index in [0.29, 0.717) is 27.4 Å². The number of imidazole rings is 1. The molecule has 0 atom stereocenters. The van der Waals surface area contributed by atoms with Crippen LogP contribution in [-0.4, -0.2) is 28.6 Å². The van der Waals surface area contributed by atoms with Crippen molar-refractivity contribution >= 4 is 39.4 Å². The van der Waals surface area contributed by atoms with Crippen molar-refractivity contribution < 1.29 is 14.3 Å². The number of esters is 1. The molecule has 7 heteroatoms. The summed E-state index contributed by atoms with van der Waals surface area (Å²) in [5, 5.41) is 0. The molecule has 0 fully saturated rings. The van der Waals surface area contributed by atoms with E-state index in [1.165, 1.54) is 11.3 Å². The number of carbonyl (C=O) groups is 1. The molecule has 0 N–H and O–H groups in total. The lowest BCUT2D eigenvalue weighted by Gasteiger charge is -2.08. The number of carbonyl (C=O) groups excluding carboxylic acids is 1. The van der Waals surface area contributed by atoms with E-state index in [9.17, 15) is 9.59 Å². The number of aromatic nitrogens is 2. The minimum absolute atomic E-state index is 0.121. The molecule has 0 aliphatic rings. The van der Waals surface area contributed by atoms with Gasteiger partial charge in [-0.1, -0.05) is 41.7 Å². The van der Waals surface area contributed by atoms with E-state index in [1.54, 1.807) is 23.5 Å². The number of nitrogens with zero attached hydrogens (tertiary/aromatic N) is 2. The predicted molar refractivity (Wildman–Crippen MR) is 104 cm³/mol. The number of hydrogen-bond donors (Lipinski definition) is 0. The normalized spacial score (nSPS) is 12.0. The Morgan fingerprint density at radius 3 is 2.81 bits per heavy atom. The summed E-state index contributed by atoms with van der Waals surface area (Å²) in [4.78, 5) is 29.5. The second-order valence-corrected chi connectivity index (χ2v) is 6.77. The van der Waals surface area contributed by atoms with E-state index in [-0.39, 0.29) is 12.2 Å². The van der Waals surface area contributed by atoms with Crippen LogP contribution in [0.15, 0.2) is 53.3 Å². The molecule has 0 saturated heterocycles. The summed E-state index contributed by atoms with van der Waals surface area (Å²) in [6.45, 7) is 1.87. The molecular weight excluding hydrogens is 364 g/mol. The number of para-hydroxylation sites is 3. The van der Waals surface area contributed by atoms with Crippen LogP contribution in [-0.2, 0) is 9.53 Å². The maximum atomic E-state index is 12.9. The molecular formula is C20H16N2O4S. The van der Waals surface area contributed by atoms with Gasteiger partial charge in [0.1, 0.15) is 5.75 Å². The molecule has 6 nitrogen and oxygen atoms in total. The minimum atomic E-state index is -0.433. The summed E-state index contributed by atoms with van der Waals surface area (Å²) in [6.07, 6.45) is 1.76. The van der Waals surface area contributed by atoms with Crippen molar-refractivity contribution in [3.63, 3.8) is 0 Å². The summed E-state index contributed by atoms with van der Waals surface area (Å²) >= 11 is 1.32. The SMILES string of the molecule is CCOC(=O)COc1ccccc1C=c1sc2nc3ccccc3n2c1=O. The summed E-state index contributed by atoms with van der Waals surface area (Å²) < 4.78 is 12.6. The highest BCUT2D eigenvalue weighted by atomic mass is 32.1. The van der Waals surface area contributed by atoms with Crippen LogP contribution in [0.3, 0.4) is 0 Å². The number of ether oxygens (including phenoxy) is 2. The maximum absolute atomic E-state index is 12.9. The van der Waals surface area contributed by atoms with Crippen molar-refractivity contribution in [2.24, 2.45) is 0 Å². The van der Waals surface area contributed by atoms with Crippen molar-refractivity contribution in [3.8, 4) is 5.75 Å². The fraction of sp³-hybridized carbons (Fsp3) is 0.150. The lowest BCUT2D eigenvalue weighted by atomic mass is 10.2. The van der Waals surface area contributed by atoms with Gasteiger partial charge in [0, 0.05) is 5.56 Å². The Kier molecular flexibility index (Phi) is 4.60. The number of hydrogen-bond acceptors (Lipinski definition) is 6. The molecule has 0 aliphatic heterocycles. The highest BCUT2D eigenvalue weighted by Crippen LogP contribution is 2.20. The third kappa shape index (κ3) is 3.29. The molecule has 0 amide bonds. The molecule has 2 aromatic heterocycles. The standard InChI is InChI=1S/C20H16N2O4S/c1-2-25-18(23)12-26-16-10-6-3-7-13(16)11-17-19(24)22-15-9-5-4-8-14(15)21-20(22)27-17/h3-11H,2,12H2,1H3. The van der Waals surface area contributed by atoms with Crippen molar-refractivity contribution in [2.45, 2.75) is 6.92 Å². The molecule has 0 unspecified atom stereocenters. The number of thiazole rings is 1. The van der Waals surface area contributed by atoms with Crippen LogP contribution in [0.25, 0.3) is 22.1 Å². The van der Waals surface area contributed by atoms with E-state index in [4.69, 9.17) is 9.47 Å². The van der Waals surface area contributed by atoms with E-state index >= 15 is 0 Å². The smallest absolute Gasteiger partial charge is 0.344 e. The monoisotopic (exact) mass is 380 g/mol. The first-order chi connectivity index (χ1) is 13.2. The highest BCUT2D eigenvalue weighted by Gasteiger charge is 2.11. The Balaban J connectivity index is 1.75. The molecule has 0 aliphatic carbocycles. The zero-order chi connectivity index (χ0) is 18.8. The van der Waals surface area contributed by atoms with Gasteiger partial charge in [0.05, 0.1) is 22.2 Å². The zero-order valence-electron chi connectivity index (χ0n) is 14.5.